The Labute approximate surface area is 150 Å². The number of ketones is 2. The lowest BCUT2D eigenvalue weighted by atomic mass is 10.0. The third kappa shape index (κ3) is 2.94. The summed E-state index contributed by atoms with van der Waals surface area (Å²) in [4.78, 5) is 42.8. The van der Waals surface area contributed by atoms with Gasteiger partial charge in [0, 0.05) is 28.4 Å². The first kappa shape index (κ1) is 17.7. The third-order valence-electron chi connectivity index (χ3n) is 4.50. The van der Waals surface area contributed by atoms with Gasteiger partial charge < -0.3 is 14.7 Å². The summed E-state index contributed by atoms with van der Waals surface area (Å²) in [6, 6.07) is 7.36. The number of aromatic amines is 2. The zero-order chi connectivity index (χ0) is 19.0. The van der Waals surface area contributed by atoms with Gasteiger partial charge >= 0.3 is 5.97 Å². The molecule has 2 aromatic heterocycles. The van der Waals surface area contributed by atoms with Crippen LogP contribution in [0.4, 0.5) is 0 Å². The van der Waals surface area contributed by atoms with E-state index in [0.29, 0.717) is 28.1 Å². The van der Waals surface area contributed by atoms with Crippen molar-refractivity contribution >= 4 is 28.4 Å². The number of hydrogen-bond donors (Lipinski definition) is 2. The van der Waals surface area contributed by atoms with Crippen molar-refractivity contribution in [3.8, 4) is 0 Å². The molecule has 0 saturated heterocycles. The van der Waals surface area contributed by atoms with Crippen LogP contribution in [0.5, 0.6) is 0 Å². The van der Waals surface area contributed by atoms with Gasteiger partial charge in [-0.3, -0.25) is 9.59 Å². The lowest BCUT2D eigenvalue weighted by molar-refractivity contribution is 0.0319. The number of benzene rings is 1. The van der Waals surface area contributed by atoms with Crippen LogP contribution in [0.3, 0.4) is 0 Å². The zero-order valence-corrected chi connectivity index (χ0v) is 15.1. The van der Waals surface area contributed by atoms with E-state index in [4.69, 9.17) is 4.74 Å². The fourth-order valence-corrected chi connectivity index (χ4v) is 3.25. The van der Waals surface area contributed by atoms with Crippen LogP contribution < -0.4 is 0 Å². The van der Waals surface area contributed by atoms with Crippen molar-refractivity contribution < 1.29 is 19.1 Å². The van der Waals surface area contributed by atoms with Crippen LogP contribution in [0.1, 0.15) is 56.3 Å². The molecule has 1 atom stereocenters. The second kappa shape index (κ2) is 6.63. The van der Waals surface area contributed by atoms with Crippen LogP contribution in [0, 0.1) is 13.8 Å². The van der Waals surface area contributed by atoms with Gasteiger partial charge in [0.2, 0.25) is 5.78 Å². The minimum absolute atomic E-state index is 0.112. The topological polar surface area (TPSA) is 92.0 Å². The Morgan fingerprint density at radius 1 is 1.12 bits per heavy atom. The first-order valence-electron chi connectivity index (χ1n) is 8.32. The number of rotatable bonds is 5. The minimum atomic E-state index is -0.979. The maximum absolute atomic E-state index is 12.7. The Kier molecular flexibility index (Phi) is 4.50. The normalized spacial score (nSPS) is 12.2. The van der Waals surface area contributed by atoms with Crippen molar-refractivity contribution in [2.24, 2.45) is 0 Å². The van der Waals surface area contributed by atoms with Crippen LogP contribution in [-0.4, -0.2) is 33.6 Å². The number of aryl methyl sites for hydroxylation is 1. The van der Waals surface area contributed by atoms with Gasteiger partial charge in [-0.15, -0.1) is 0 Å². The van der Waals surface area contributed by atoms with Crippen molar-refractivity contribution in [2.45, 2.75) is 33.8 Å². The summed E-state index contributed by atoms with van der Waals surface area (Å²) in [5.74, 6) is -1.05. The predicted molar refractivity (Wildman–Crippen MR) is 97.8 cm³/mol. The molecule has 2 heterocycles. The molecule has 3 rings (SSSR count). The first-order chi connectivity index (χ1) is 12.3. The van der Waals surface area contributed by atoms with Crippen molar-refractivity contribution in [2.75, 3.05) is 0 Å². The van der Waals surface area contributed by atoms with Crippen LogP contribution in [-0.2, 0) is 4.74 Å². The number of esters is 1. The summed E-state index contributed by atoms with van der Waals surface area (Å²) >= 11 is 0. The van der Waals surface area contributed by atoms with Crippen molar-refractivity contribution in [3.63, 3.8) is 0 Å². The van der Waals surface area contributed by atoms with Crippen molar-refractivity contribution in [3.05, 3.63) is 58.5 Å². The number of ether oxygens (including phenoxy) is 1. The molecule has 0 spiro atoms. The highest BCUT2D eigenvalue weighted by atomic mass is 16.5. The van der Waals surface area contributed by atoms with Gasteiger partial charge in [0.15, 0.2) is 11.9 Å². The van der Waals surface area contributed by atoms with Gasteiger partial charge in [-0.05, 0) is 39.3 Å². The monoisotopic (exact) mass is 352 g/mol. The predicted octanol–water partition coefficient (Wildman–Crippen LogP) is 3.74. The molecule has 0 aliphatic carbocycles. The van der Waals surface area contributed by atoms with E-state index in [1.54, 1.807) is 20.0 Å². The average Bonchev–Trinajstić information content (AvgIpc) is 3.14. The lowest BCUT2D eigenvalue weighted by Gasteiger charge is -2.12. The van der Waals surface area contributed by atoms with Crippen LogP contribution >= 0.6 is 0 Å². The quantitative estimate of drug-likeness (QED) is 0.540. The van der Waals surface area contributed by atoms with E-state index in [9.17, 15) is 14.4 Å². The maximum atomic E-state index is 12.7. The number of Topliss-reactive ketones (excluding diaryl/α,β-unsaturated/α-hetero) is 2. The van der Waals surface area contributed by atoms with E-state index < -0.39 is 12.1 Å². The number of hydrogen-bond acceptors (Lipinski definition) is 4. The van der Waals surface area contributed by atoms with Gasteiger partial charge in [-0.2, -0.15) is 0 Å². The van der Waals surface area contributed by atoms with Gasteiger partial charge in [0.05, 0.1) is 11.3 Å². The van der Waals surface area contributed by atoms with Crippen LogP contribution in [0.2, 0.25) is 0 Å². The summed E-state index contributed by atoms with van der Waals surface area (Å²) in [5, 5.41) is 0.739. The summed E-state index contributed by atoms with van der Waals surface area (Å²) < 4.78 is 5.37. The van der Waals surface area contributed by atoms with E-state index in [0.717, 1.165) is 10.9 Å². The second-order valence-electron chi connectivity index (χ2n) is 6.34. The van der Waals surface area contributed by atoms with E-state index in [-0.39, 0.29) is 11.6 Å². The summed E-state index contributed by atoms with van der Waals surface area (Å²) in [5.41, 5.74) is 3.21. The van der Waals surface area contributed by atoms with E-state index in [1.807, 2.05) is 24.3 Å². The van der Waals surface area contributed by atoms with Crippen molar-refractivity contribution in [1.82, 2.24) is 9.97 Å². The third-order valence-corrected chi connectivity index (χ3v) is 4.50. The molecule has 0 aliphatic heterocycles. The Hall–Kier alpha value is -3.15. The van der Waals surface area contributed by atoms with Gasteiger partial charge in [-0.25, -0.2) is 4.79 Å². The lowest BCUT2D eigenvalue weighted by Crippen LogP contribution is -2.25. The molecule has 0 bridgehead atoms. The maximum Gasteiger partial charge on any atom is 0.341 e. The number of para-hydroxylation sites is 1. The number of nitrogens with one attached hydrogen (secondary N) is 2. The number of fused-ring (bicyclic) bond motifs is 1. The fraction of sp³-hybridized carbons (Fsp3) is 0.250. The molecule has 6 heteroatoms. The molecule has 3 aromatic rings. The van der Waals surface area contributed by atoms with Gasteiger partial charge in [0.25, 0.3) is 0 Å². The standard InChI is InChI=1S/C20H20N2O4/c1-10-17(12(3)23)11(2)22-18(10)19(24)13(4)26-20(25)15-9-21-16-8-6-5-7-14(15)16/h5-9,13,21-22H,1-4H3/t13-/m0/s1. The highest BCUT2D eigenvalue weighted by molar-refractivity contribution is 6.07. The van der Waals surface area contributed by atoms with Crippen LogP contribution in [0.25, 0.3) is 10.9 Å². The van der Waals surface area contributed by atoms with Gasteiger partial charge in [0.1, 0.15) is 0 Å². The SMILES string of the molecule is CC(=O)c1c(C)[nH]c(C(=O)[C@H](C)OC(=O)c2c[nH]c3ccccc23)c1C. The van der Waals surface area contributed by atoms with E-state index >= 15 is 0 Å². The molecular formula is C20H20N2O4. The van der Waals surface area contributed by atoms with Gasteiger partial charge in [-0.1, -0.05) is 18.2 Å². The molecule has 0 unspecified atom stereocenters. The molecule has 0 radical (unpaired) electrons. The highest BCUT2D eigenvalue weighted by Gasteiger charge is 2.27. The number of H-pyrrole nitrogens is 2. The highest BCUT2D eigenvalue weighted by Crippen LogP contribution is 2.22. The largest absolute Gasteiger partial charge is 0.451 e. The first-order valence-corrected chi connectivity index (χ1v) is 8.32. The molecule has 26 heavy (non-hydrogen) atoms. The summed E-state index contributed by atoms with van der Waals surface area (Å²) in [6.07, 6.45) is 0.593. The fourth-order valence-electron chi connectivity index (χ4n) is 3.25. The van der Waals surface area contributed by atoms with Crippen LogP contribution in [0.15, 0.2) is 30.5 Å². The summed E-state index contributed by atoms with van der Waals surface area (Å²) in [6.45, 7) is 6.43. The molecule has 0 saturated carbocycles. The number of carbonyl (C=O) groups is 3. The van der Waals surface area contributed by atoms with Crippen molar-refractivity contribution in [1.29, 1.82) is 0 Å². The Bertz CT molecular complexity index is 1030. The van der Waals surface area contributed by atoms with E-state index in [2.05, 4.69) is 9.97 Å². The second-order valence-corrected chi connectivity index (χ2v) is 6.34. The summed E-state index contributed by atoms with van der Waals surface area (Å²) in [7, 11) is 0. The Balaban J connectivity index is 1.83. The minimum Gasteiger partial charge on any atom is -0.451 e. The zero-order valence-electron chi connectivity index (χ0n) is 15.1. The molecular weight excluding hydrogens is 332 g/mol. The molecule has 134 valence electrons. The molecule has 1 aromatic carbocycles. The Morgan fingerprint density at radius 2 is 1.81 bits per heavy atom. The number of carbonyl (C=O) groups excluding carboxylic acids is 3. The molecule has 2 N–H and O–H groups in total. The molecule has 6 nitrogen and oxygen atoms in total. The smallest absolute Gasteiger partial charge is 0.341 e. The average molecular weight is 352 g/mol. The number of aromatic nitrogens is 2. The Morgan fingerprint density at radius 3 is 2.46 bits per heavy atom. The van der Waals surface area contributed by atoms with E-state index in [1.165, 1.54) is 13.8 Å². The molecule has 0 amide bonds. The molecule has 0 fully saturated rings. The molecule has 0 aliphatic rings.